The van der Waals surface area contributed by atoms with Crippen LogP contribution in [0.4, 0.5) is 11.4 Å². The molecule has 0 aromatic heterocycles. The molecule has 0 saturated carbocycles. The van der Waals surface area contributed by atoms with Crippen molar-refractivity contribution in [1.29, 1.82) is 0 Å². The number of rotatable bonds is 4. The Morgan fingerprint density at radius 3 is 2.63 bits per heavy atom. The maximum absolute atomic E-state index is 11.4. The van der Waals surface area contributed by atoms with Crippen molar-refractivity contribution in [1.82, 2.24) is 0 Å². The molecule has 0 radical (unpaired) electrons. The predicted molar refractivity (Wildman–Crippen MR) is 72.4 cm³/mol. The highest BCUT2D eigenvalue weighted by Crippen LogP contribution is 2.14. The molecule has 0 amide bonds. The van der Waals surface area contributed by atoms with Gasteiger partial charge in [-0.3, -0.25) is 5.43 Å². The molecule has 2 rings (SSSR count). The van der Waals surface area contributed by atoms with Gasteiger partial charge in [0.05, 0.1) is 24.0 Å². The Morgan fingerprint density at radius 2 is 1.89 bits per heavy atom. The third-order valence-electron chi connectivity index (χ3n) is 2.38. The Hall–Kier alpha value is -2.69. The van der Waals surface area contributed by atoms with Gasteiger partial charge in [-0.25, -0.2) is 4.79 Å². The summed E-state index contributed by atoms with van der Waals surface area (Å²) < 4.78 is 4.64. The van der Waals surface area contributed by atoms with Crippen molar-refractivity contribution in [2.24, 2.45) is 10.3 Å². The minimum atomic E-state index is -0.386. The Morgan fingerprint density at radius 1 is 1.11 bits per heavy atom. The van der Waals surface area contributed by atoms with Crippen LogP contribution in [0.3, 0.4) is 0 Å². The molecule has 19 heavy (non-hydrogen) atoms. The SMILES string of the molecule is COC(=O)c1cccc(NN=Nc2ccccc2)c1. The van der Waals surface area contributed by atoms with E-state index in [9.17, 15) is 4.79 Å². The van der Waals surface area contributed by atoms with E-state index in [4.69, 9.17) is 0 Å². The lowest BCUT2D eigenvalue weighted by molar-refractivity contribution is 0.0601. The van der Waals surface area contributed by atoms with Crippen LogP contribution in [-0.4, -0.2) is 13.1 Å². The van der Waals surface area contributed by atoms with Crippen molar-refractivity contribution in [3.8, 4) is 0 Å². The molecular formula is C14H13N3O2. The summed E-state index contributed by atoms with van der Waals surface area (Å²) in [6.45, 7) is 0. The molecule has 1 N–H and O–H groups in total. The molecule has 0 unspecified atom stereocenters. The lowest BCUT2D eigenvalue weighted by atomic mass is 10.2. The number of carbonyl (C=O) groups excluding carboxylic acids is 1. The summed E-state index contributed by atoms with van der Waals surface area (Å²) in [5.74, 6) is -0.386. The molecule has 0 aliphatic carbocycles. The smallest absolute Gasteiger partial charge is 0.337 e. The second-order valence-electron chi connectivity index (χ2n) is 3.72. The average molecular weight is 255 g/mol. The number of hydrogen-bond acceptors (Lipinski definition) is 4. The topological polar surface area (TPSA) is 63.0 Å². The lowest BCUT2D eigenvalue weighted by Crippen LogP contribution is -2.01. The molecule has 0 fully saturated rings. The summed E-state index contributed by atoms with van der Waals surface area (Å²) >= 11 is 0. The van der Waals surface area contributed by atoms with E-state index in [1.807, 2.05) is 30.3 Å². The molecule has 0 atom stereocenters. The fourth-order valence-electron chi connectivity index (χ4n) is 1.47. The largest absolute Gasteiger partial charge is 0.465 e. The molecule has 96 valence electrons. The Balaban J connectivity index is 2.04. The lowest BCUT2D eigenvalue weighted by Gasteiger charge is -2.02. The number of benzene rings is 2. The van der Waals surface area contributed by atoms with Gasteiger partial charge in [-0.15, -0.1) is 5.11 Å². The maximum Gasteiger partial charge on any atom is 0.337 e. The van der Waals surface area contributed by atoms with Gasteiger partial charge in [-0.2, -0.15) is 0 Å². The first-order chi connectivity index (χ1) is 9.29. The summed E-state index contributed by atoms with van der Waals surface area (Å²) in [7, 11) is 1.34. The Labute approximate surface area is 110 Å². The Kier molecular flexibility index (Phi) is 4.23. The van der Waals surface area contributed by atoms with Gasteiger partial charge >= 0.3 is 5.97 Å². The minimum absolute atomic E-state index is 0.386. The Bertz CT molecular complexity index is 582. The molecule has 0 saturated heterocycles. The molecular weight excluding hydrogens is 242 g/mol. The van der Waals surface area contributed by atoms with Crippen molar-refractivity contribution in [2.75, 3.05) is 12.5 Å². The van der Waals surface area contributed by atoms with E-state index in [-0.39, 0.29) is 5.97 Å². The standard InChI is InChI=1S/C14H13N3O2/c1-19-14(18)11-6-5-9-13(10-11)16-17-15-12-7-3-2-4-8-12/h2-10H,1H3,(H,15,16). The molecule has 0 aliphatic rings. The molecule has 5 heteroatoms. The molecule has 5 nitrogen and oxygen atoms in total. The van der Waals surface area contributed by atoms with Crippen LogP contribution in [-0.2, 0) is 4.74 Å². The molecule has 0 bridgehead atoms. The van der Waals surface area contributed by atoms with E-state index >= 15 is 0 Å². The van der Waals surface area contributed by atoms with Crippen LogP contribution in [0.1, 0.15) is 10.4 Å². The van der Waals surface area contributed by atoms with Crippen LogP contribution in [0.15, 0.2) is 64.9 Å². The van der Waals surface area contributed by atoms with E-state index in [1.165, 1.54) is 7.11 Å². The molecule has 0 spiro atoms. The zero-order valence-electron chi connectivity index (χ0n) is 10.4. The van der Waals surface area contributed by atoms with E-state index in [1.54, 1.807) is 24.3 Å². The second-order valence-corrected chi connectivity index (χ2v) is 3.72. The monoisotopic (exact) mass is 255 g/mol. The van der Waals surface area contributed by atoms with Gasteiger partial charge < -0.3 is 4.74 Å². The maximum atomic E-state index is 11.4. The minimum Gasteiger partial charge on any atom is -0.465 e. The summed E-state index contributed by atoms with van der Waals surface area (Å²) in [5, 5.41) is 7.85. The first-order valence-corrected chi connectivity index (χ1v) is 5.70. The number of ether oxygens (including phenoxy) is 1. The quantitative estimate of drug-likeness (QED) is 0.516. The van der Waals surface area contributed by atoms with Crippen LogP contribution >= 0.6 is 0 Å². The molecule has 2 aromatic rings. The predicted octanol–water partition coefficient (Wildman–Crippen LogP) is 3.58. The highest BCUT2D eigenvalue weighted by atomic mass is 16.5. The van der Waals surface area contributed by atoms with Crippen LogP contribution in [0.2, 0.25) is 0 Å². The summed E-state index contributed by atoms with van der Waals surface area (Å²) in [6, 6.07) is 16.2. The van der Waals surface area contributed by atoms with Gasteiger partial charge in [0.25, 0.3) is 0 Å². The number of methoxy groups -OCH3 is 1. The van der Waals surface area contributed by atoms with Crippen molar-refractivity contribution in [3.63, 3.8) is 0 Å². The van der Waals surface area contributed by atoms with Crippen LogP contribution in [0.25, 0.3) is 0 Å². The summed E-state index contributed by atoms with van der Waals surface area (Å²) in [4.78, 5) is 11.4. The van der Waals surface area contributed by atoms with Crippen molar-refractivity contribution in [3.05, 3.63) is 60.2 Å². The molecule has 2 aromatic carbocycles. The first kappa shape index (κ1) is 12.8. The van der Waals surface area contributed by atoms with Crippen LogP contribution < -0.4 is 5.43 Å². The van der Waals surface area contributed by atoms with Gasteiger partial charge in [-0.1, -0.05) is 29.5 Å². The molecule has 0 aliphatic heterocycles. The summed E-state index contributed by atoms with van der Waals surface area (Å²) in [6.07, 6.45) is 0. The van der Waals surface area contributed by atoms with E-state index in [2.05, 4.69) is 20.5 Å². The third kappa shape index (κ3) is 3.64. The van der Waals surface area contributed by atoms with E-state index < -0.39 is 0 Å². The second kappa shape index (κ2) is 6.30. The van der Waals surface area contributed by atoms with Crippen molar-refractivity contribution >= 4 is 17.3 Å². The van der Waals surface area contributed by atoms with Crippen molar-refractivity contribution in [2.45, 2.75) is 0 Å². The van der Waals surface area contributed by atoms with Gasteiger partial charge in [0.1, 0.15) is 0 Å². The average Bonchev–Trinajstić information content (AvgIpc) is 2.48. The fraction of sp³-hybridized carbons (Fsp3) is 0.0714. The van der Waals surface area contributed by atoms with Gasteiger partial charge in [-0.05, 0) is 30.3 Å². The number of esters is 1. The number of nitrogens with one attached hydrogen (secondary N) is 1. The van der Waals surface area contributed by atoms with Crippen molar-refractivity contribution < 1.29 is 9.53 Å². The van der Waals surface area contributed by atoms with Gasteiger partial charge in [0.2, 0.25) is 0 Å². The van der Waals surface area contributed by atoms with Crippen LogP contribution in [0.5, 0.6) is 0 Å². The number of hydrogen-bond donors (Lipinski definition) is 1. The number of nitrogens with zero attached hydrogens (tertiary/aromatic N) is 2. The number of carbonyl (C=O) groups is 1. The van der Waals surface area contributed by atoms with Gasteiger partial charge in [0, 0.05) is 0 Å². The highest BCUT2D eigenvalue weighted by Gasteiger charge is 2.04. The zero-order chi connectivity index (χ0) is 13.5. The summed E-state index contributed by atoms with van der Waals surface area (Å²) in [5.41, 5.74) is 4.64. The first-order valence-electron chi connectivity index (χ1n) is 5.70. The third-order valence-corrected chi connectivity index (χ3v) is 2.38. The fourth-order valence-corrected chi connectivity index (χ4v) is 1.47. The highest BCUT2D eigenvalue weighted by molar-refractivity contribution is 5.90. The molecule has 0 heterocycles. The van der Waals surface area contributed by atoms with E-state index in [0.717, 1.165) is 5.69 Å². The number of anilines is 1. The van der Waals surface area contributed by atoms with Gasteiger partial charge in [0.15, 0.2) is 0 Å². The normalized spacial score (nSPS) is 10.4. The van der Waals surface area contributed by atoms with Crippen LogP contribution in [0, 0.1) is 0 Å². The van der Waals surface area contributed by atoms with E-state index in [0.29, 0.717) is 11.3 Å². The zero-order valence-corrected chi connectivity index (χ0v) is 10.4.